The van der Waals surface area contributed by atoms with Crippen LogP contribution in [0.5, 0.6) is 0 Å². The van der Waals surface area contributed by atoms with Crippen LogP contribution in [0.15, 0.2) is 52.7 Å². The minimum atomic E-state index is 0.831. The van der Waals surface area contributed by atoms with Gasteiger partial charge in [0.25, 0.3) is 0 Å². The number of hydrogen-bond donors (Lipinski definition) is 1. The number of azo groups is 1. The summed E-state index contributed by atoms with van der Waals surface area (Å²) in [4.78, 5) is 3.36. The number of nitrogens with zero attached hydrogens (tertiary/aromatic N) is 2. The van der Waals surface area contributed by atoms with Crippen LogP contribution in [0, 0.1) is 20.8 Å². The van der Waals surface area contributed by atoms with Gasteiger partial charge < -0.3 is 4.98 Å². The molecule has 20 heavy (non-hydrogen) atoms. The Hall–Kier alpha value is -2.42. The van der Waals surface area contributed by atoms with E-state index in [2.05, 4.69) is 48.1 Å². The molecule has 0 atom stereocenters. The van der Waals surface area contributed by atoms with Gasteiger partial charge in [-0.2, -0.15) is 0 Å². The molecule has 3 nitrogen and oxygen atoms in total. The molecule has 1 heterocycles. The fraction of sp³-hybridized carbons (Fsp3) is 0.176. The third-order valence-electron chi connectivity index (χ3n) is 3.48. The highest BCUT2D eigenvalue weighted by molar-refractivity contribution is 5.91. The molecule has 0 fully saturated rings. The number of benzene rings is 2. The van der Waals surface area contributed by atoms with E-state index in [4.69, 9.17) is 0 Å². The van der Waals surface area contributed by atoms with Gasteiger partial charge in [-0.1, -0.05) is 24.3 Å². The largest absolute Gasteiger partial charge is 0.338 e. The van der Waals surface area contributed by atoms with Crippen LogP contribution in [0.25, 0.3) is 10.9 Å². The van der Waals surface area contributed by atoms with Gasteiger partial charge in [0, 0.05) is 16.5 Å². The zero-order valence-electron chi connectivity index (χ0n) is 11.9. The lowest BCUT2D eigenvalue weighted by Crippen LogP contribution is -1.79. The van der Waals surface area contributed by atoms with Gasteiger partial charge in [0.2, 0.25) is 0 Å². The van der Waals surface area contributed by atoms with Gasteiger partial charge >= 0.3 is 0 Å². The first-order valence-corrected chi connectivity index (χ1v) is 6.71. The monoisotopic (exact) mass is 263 g/mol. The van der Waals surface area contributed by atoms with Crippen molar-refractivity contribution in [3.05, 3.63) is 59.2 Å². The number of fused-ring (bicyclic) bond motifs is 1. The number of rotatable bonds is 2. The van der Waals surface area contributed by atoms with E-state index in [1.165, 1.54) is 16.5 Å². The fourth-order valence-electron chi connectivity index (χ4n) is 2.61. The Morgan fingerprint density at radius 2 is 1.65 bits per heavy atom. The van der Waals surface area contributed by atoms with E-state index >= 15 is 0 Å². The second-order valence-electron chi connectivity index (χ2n) is 5.14. The third kappa shape index (κ3) is 2.23. The average molecular weight is 263 g/mol. The zero-order chi connectivity index (χ0) is 14.1. The maximum atomic E-state index is 4.35. The lowest BCUT2D eigenvalue weighted by molar-refractivity contribution is 1.17. The van der Waals surface area contributed by atoms with Gasteiger partial charge in [-0.05, 0) is 50.1 Å². The van der Waals surface area contributed by atoms with E-state index in [0.29, 0.717) is 0 Å². The first-order valence-electron chi connectivity index (χ1n) is 6.71. The van der Waals surface area contributed by atoms with Crippen molar-refractivity contribution in [2.75, 3.05) is 0 Å². The van der Waals surface area contributed by atoms with Crippen molar-refractivity contribution >= 4 is 22.4 Å². The minimum Gasteiger partial charge on any atom is -0.338 e. The van der Waals surface area contributed by atoms with Crippen molar-refractivity contribution in [1.82, 2.24) is 4.98 Å². The fourth-order valence-corrected chi connectivity index (χ4v) is 2.61. The third-order valence-corrected chi connectivity index (χ3v) is 3.48. The highest BCUT2D eigenvalue weighted by Crippen LogP contribution is 2.31. The van der Waals surface area contributed by atoms with Gasteiger partial charge in [0.15, 0.2) is 5.82 Å². The zero-order valence-corrected chi connectivity index (χ0v) is 11.9. The van der Waals surface area contributed by atoms with Gasteiger partial charge in [0.05, 0.1) is 5.69 Å². The molecule has 0 saturated heterocycles. The van der Waals surface area contributed by atoms with Crippen LogP contribution in [-0.4, -0.2) is 4.98 Å². The van der Waals surface area contributed by atoms with Gasteiger partial charge in [0.1, 0.15) is 0 Å². The highest BCUT2D eigenvalue weighted by Gasteiger charge is 2.09. The summed E-state index contributed by atoms with van der Waals surface area (Å²) in [5.74, 6) is 0.831. The van der Waals surface area contributed by atoms with Crippen molar-refractivity contribution in [1.29, 1.82) is 0 Å². The van der Waals surface area contributed by atoms with Crippen LogP contribution in [0.3, 0.4) is 0 Å². The number of hydrogen-bond acceptors (Lipinski definition) is 2. The van der Waals surface area contributed by atoms with Crippen LogP contribution in [0.1, 0.15) is 16.7 Å². The molecule has 0 bridgehead atoms. The van der Waals surface area contributed by atoms with Crippen molar-refractivity contribution in [3.8, 4) is 0 Å². The summed E-state index contributed by atoms with van der Waals surface area (Å²) in [7, 11) is 0. The first-order chi connectivity index (χ1) is 9.65. The van der Waals surface area contributed by atoms with Crippen LogP contribution < -0.4 is 0 Å². The predicted octanol–water partition coefficient (Wildman–Crippen LogP) is 5.51. The summed E-state index contributed by atoms with van der Waals surface area (Å²) >= 11 is 0. The first kappa shape index (κ1) is 12.6. The summed E-state index contributed by atoms with van der Waals surface area (Å²) in [6.45, 7) is 6.32. The molecule has 2 aromatic carbocycles. The topological polar surface area (TPSA) is 40.5 Å². The van der Waals surface area contributed by atoms with Crippen LogP contribution in [0.2, 0.25) is 0 Å². The van der Waals surface area contributed by atoms with E-state index in [-0.39, 0.29) is 0 Å². The van der Waals surface area contributed by atoms with Gasteiger partial charge in [-0.15, -0.1) is 10.2 Å². The van der Waals surface area contributed by atoms with Crippen molar-refractivity contribution < 1.29 is 0 Å². The Morgan fingerprint density at radius 3 is 2.40 bits per heavy atom. The minimum absolute atomic E-state index is 0.831. The SMILES string of the molecule is Cc1cc(C)c2c(C)c(N=Nc3ccccc3)[nH]c2c1. The standard InChI is InChI=1S/C17H17N3/c1-11-9-12(2)16-13(3)17(18-15(16)10-11)20-19-14-7-5-4-6-8-14/h4-10,18H,1-3H3. The molecule has 0 aliphatic heterocycles. The van der Waals surface area contributed by atoms with E-state index in [0.717, 1.165) is 22.6 Å². The number of aromatic amines is 1. The Bertz CT molecular complexity index is 783. The molecule has 100 valence electrons. The highest BCUT2D eigenvalue weighted by atomic mass is 15.1. The second kappa shape index (κ2) is 4.93. The van der Waals surface area contributed by atoms with Crippen molar-refractivity contribution in [2.24, 2.45) is 10.2 Å². The van der Waals surface area contributed by atoms with E-state index in [1.807, 2.05) is 30.3 Å². The maximum Gasteiger partial charge on any atom is 0.156 e. The molecular formula is C17H17N3. The molecule has 3 heteroatoms. The number of aromatic nitrogens is 1. The summed E-state index contributed by atoms with van der Waals surface area (Å²) in [6, 6.07) is 14.1. The summed E-state index contributed by atoms with van der Waals surface area (Å²) in [6.07, 6.45) is 0. The number of aryl methyl sites for hydroxylation is 3. The van der Waals surface area contributed by atoms with Gasteiger partial charge in [-0.25, -0.2) is 0 Å². The smallest absolute Gasteiger partial charge is 0.156 e. The number of H-pyrrole nitrogens is 1. The molecule has 3 rings (SSSR count). The average Bonchev–Trinajstić information content (AvgIpc) is 2.74. The van der Waals surface area contributed by atoms with E-state index < -0.39 is 0 Å². The molecule has 1 N–H and O–H groups in total. The quantitative estimate of drug-likeness (QED) is 0.592. The van der Waals surface area contributed by atoms with E-state index in [1.54, 1.807) is 0 Å². The second-order valence-corrected chi connectivity index (χ2v) is 5.14. The Morgan fingerprint density at radius 1 is 0.900 bits per heavy atom. The van der Waals surface area contributed by atoms with Crippen molar-refractivity contribution in [2.45, 2.75) is 20.8 Å². The van der Waals surface area contributed by atoms with Crippen LogP contribution in [-0.2, 0) is 0 Å². The lowest BCUT2D eigenvalue weighted by Gasteiger charge is -1.99. The Labute approximate surface area is 118 Å². The number of nitrogens with one attached hydrogen (secondary N) is 1. The molecule has 0 unspecified atom stereocenters. The van der Waals surface area contributed by atoms with Crippen LogP contribution in [0.4, 0.5) is 11.5 Å². The van der Waals surface area contributed by atoms with Crippen LogP contribution >= 0.6 is 0 Å². The van der Waals surface area contributed by atoms with E-state index in [9.17, 15) is 0 Å². The summed E-state index contributed by atoms with van der Waals surface area (Å²) < 4.78 is 0. The molecule has 0 aliphatic carbocycles. The Balaban J connectivity index is 2.07. The Kier molecular flexibility index (Phi) is 3.11. The predicted molar refractivity (Wildman–Crippen MR) is 83.1 cm³/mol. The van der Waals surface area contributed by atoms with Crippen molar-refractivity contribution in [3.63, 3.8) is 0 Å². The molecule has 1 aromatic heterocycles. The normalized spacial score (nSPS) is 11.6. The maximum absolute atomic E-state index is 4.35. The van der Waals surface area contributed by atoms with Gasteiger partial charge in [-0.3, -0.25) is 0 Å². The molecular weight excluding hydrogens is 246 g/mol. The molecule has 0 aliphatic rings. The molecule has 0 amide bonds. The lowest BCUT2D eigenvalue weighted by atomic mass is 10.1. The summed E-state index contributed by atoms with van der Waals surface area (Å²) in [5.41, 5.74) is 5.66. The molecule has 0 saturated carbocycles. The molecule has 0 spiro atoms. The summed E-state index contributed by atoms with van der Waals surface area (Å²) in [5, 5.41) is 9.88. The molecule has 3 aromatic rings. The molecule has 0 radical (unpaired) electrons.